The Morgan fingerprint density at radius 3 is 2.42 bits per heavy atom. The summed E-state index contributed by atoms with van der Waals surface area (Å²) in [6.45, 7) is 6.00. The molecular formula is C14H24N4O. The molecule has 0 saturated heterocycles. The molecule has 2 aliphatic carbocycles. The van der Waals surface area contributed by atoms with Gasteiger partial charge in [-0.3, -0.25) is 0 Å². The molecule has 5 nitrogen and oxygen atoms in total. The Morgan fingerprint density at radius 2 is 1.84 bits per heavy atom. The van der Waals surface area contributed by atoms with Crippen LogP contribution in [0.5, 0.6) is 0 Å². The number of nitrogens with one attached hydrogen (secondary N) is 2. The number of anilines is 1. The maximum Gasteiger partial charge on any atom is 0.315 e. The second-order valence-electron chi connectivity index (χ2n) is 6.37. The summed E-state index contributed by atoms with van der Waals surface area (Å²) in [5.74, 6) is 2.98. The van der Waals surface area contributed by atoms with Gasteiger partial charge in [0.05, 0.1) is 6.54 Å². The van der Waals surface area contributed by atoms with Gasteiger partial charge in [-0.15, -0.1) is 5.10 Å². The van der Waals surface area contributed by atoms with Crippen LogP contribution in [0.15, 0.2) is 4.42 Å². The highest BCUT2D eigenvalue weighted by atomic mass is 16.4. The standard InChI is InChI=1S/C14H24N4O/c1-9(2)7-15-8-12-17-18-14(19-12)16-13(10-3-4-10)11-5-6-11/h9-11,13,15H,3-8H2,1-2H3,(H,16,18). The largest absolute Gasteiger partial charge is 0.407 e. The van der Waals surface area contributed by atoms with Gasteiger partial charge in [-0.2, -0.15) is 0 Å². The lowest BCUT2D eigenvalue weighted by molar-refractivity contribution is 0.448. The first kappa shape index (κ1) is 12.9. The topological polar surface area (TPSA) is 63.0 Å². The minimum atomic E-state index is 0.567. The van der Waals surface area contributed by atoms with Crippen molar-refractivity contribution >= 4 is 6.01 Å². The summed E-state index contributed by atoms with van der Waals surface area (Å²) in [6, 6.07) is 1.17. The van der Waals surface area contributed by atoms with Crippen molar-refractivity contribution in [3.05, 3.63) is 5.89 Å². The number of aromatic nitrogens is 2. The van der Waals surface area contributed by atoms with E-state index in [1.807, 2.05) is 0 Å². The van der Waals surface area contributed by atoms with E-state index < -0.39 is 0 Å². The van der Waals surface area contributed by atoms with Crippen LogP contribution in [0.4, 0.5) is 6.01 Å². The van der Waals surface area contributed by atoms with Crippen LogP contribution in [0.2, 0.25) is 0 Å². The lowest BCUT2D eigenvalue weighted by Gasteiger charge is -2.15. The van der Waals surface area contributed by atoms with Gasteiger partial charge in [0.1, 0.15) is 0 Å². The number of hydrogen-bond donors (Lipinski definition) is 2. The van der Waals surface area contributed by atoms with Crippen LogP contribution in [0.3, 0.4) is 0 Å². The van der Waals surface area contributed by atoms with Gasteiger partial charge >= 0.3 is 6.01 Å². The number of nitrogens with zero attached hydrogens (tertiary/aromatic N) is 2. The van der Waals surface area contributed by atoms with Crippen LogP contribution in [-0.4, -0.2) is 22.8 Å². The normalized spacial score (nSPS) is 19.4. The average Bonchev–Trinajstić information content (AvgIpc) is 3.27. The van der Waals surface area contributed by atoms with Crippen LogP contribution in [0.25, 0.3) is 0 Å². The molecular weight excluding hydrogens is 240 g/mol. The highest BCUT2D eigenvalue weighted by Crippen LogP contribution is 2.45. The van der Waals surface area contributed by atoms with Gasteiger partial charge in [0.25, 0.3) is 0 Å². The molecule has 0 aliphatic heterocycles. The van der Waals surface area contributed by atoms with Gasteiger partial charge in [-0.25, -0.2) is 0 Å². The summed E-state index contributed by atoms with van der Waals surface area (Å²) in [7, 11) is 0. The molecule has 2 fully saturated rings. The van der Waals surface area contributed by atoms with Gasteiger partial charge in [0, 0.05) is 6.04 Å². The Morgan fingerprint density at radius 1 is 1.16 bits per heavy atom. The van der Waals surface area contributed by atoms with Gasteiger partial charge < -0.3 is 15.1 Å². The highest BCUT2D eigenvalue weighted by Gasteiger charge is 2.42. The van der Waals surface area contributed by atoms with E-state index in [-0.39, 0.29) is 0 Å². The Balaban J connectivity index is 1.49. The fourth-order valence-corrected chi connectivity index (χ4v) is 2.53. The Labute approximate surface area is 114 Å². The molecule has 106 valence electrons. The van der Waals surface area contributed by atoms with Crippen LogP contribution in [-0.2, 0) is 6.54 Å². The van der Waals surface area contributed by atoms with Crippen LogP contribution < -0.4 is 10.6 Å². The zero-order valence-corrected chi connectivity index (χ0v) is 11.9. The van der Waals surface area contributed by atoms with E-state index in [1.165, 1.54) is 25.7 Å². The third-order valence-corrected chi connectivity index (χ3v) is 3.85. The van der Waals surface area contributed by atoms with Crippen molar-refractivity contribution in [3.8, 4) is 0 Å². The molecule has 0 aromatic carbocycles. The zero-order valence-electron chi connectivity index (χ0n) is 11.9. The second-order valence-corrected chi connectivity index (χ2v) is 6.37. The molecule has 0 atom stereocenters. The molecule has 1 heterocycles. The van der Waals surface area contributed by atoms with E-state index in [2.05, 4.69) is 34.7 Å². The van der Waals surface area contributed by atoms with Crippen molar-refractivity contribution in [2.24, 2.45) is 17.8 Å². The predicted octanol–water partition coefficient (Wildman–Crippen LogP) is 2.42. The molecule has 2 N–H and O–H groups in total. The van der Waals surface area contributed by atoms with Crippen molar-refractivity contribution in [2.75, 3.05) is 11.9 Å². The third kappa shape index (κ3) is 3.69. The molecule has 0 radical (unpaired) electrons. The number of hydrogen-bond acceptors (Lipinski definition) is 5. The second kappa shape index (κ2) is 5.49. The zero-order chi connectivity index (χ0) is 13.2. The molecule has 5 heteroatoms. The molecule has 2 aliphatic rings. The molecule has 0 bridgehead atoms. The van der Waals surface area contributed by atoms with Gasteiger partial charge in [-0.05, 0) is 50.0 Å². The molecule has 3 rings (SSSR count). The minimum absolute atomic E-state index is 0.567. The van der Waals surface area contributed by atoms with E-state index >= 15 is 0 Å². The molecule has 0 spiro atoms. The highest BCUT2D eigenvalue weighted by molar-refractivity contribution is 5.23. The Hall–Kier alpha value is -1.10. The lowest BCUT2D eigenvalue weighted by Crippen LogP contribution is -2.24. The molecule has 1 aromatic rings. The fourth-order valence-electron chi connectivity index (χ4n) is 2.53. The van der Waals surface area contributed by atoms with Crippen molar-refractivity contribution < 1.29 is 4.42 Å². The third-order valence-electron chi connectivity index (χ3n) is 3.85. The summed E-state index contributed by atoms with van der Waals surface area (Å²) >= 11 is 0. The summed E-state index contributed by atoms with van der Waals surface area (Å²) in [6.07, 6.45) is 5.41. The van der Waals surface area contributed by atoms with E-state index in [1.54, 1.807) is 0 Å². The minimum Gasteiger partial charge on any atom is -0.407 e. The van der Waals surface area contributed by atoms with Crippen LogP contribution in [0.1, 0.15) is 45.4 Å². The lowest BCUT2D eigenvalue weighted by atomic mass is 10.1. The van der Waals surface area contributed by atoms with E-state index in [4.69, 9.17) is 4.42 Å². The van der Waals surface area contributed by atoms with Gasteiger partial charge in [0.2, 0.25) is 5.89 Å². The average molecular weight is 264 g/mol. The smallest absolute Gasteiger partial charge is 0.315 e. The fraction of sp³-hybridized carbons (Fsp3) is 0.857. The van der Waals surface area contributed by atoms with Crippen molar-refractivity contribution in [1.29, 1.82) is 0 Å². The molecule has 19 heavy (non-hydrogen) atoms. The Kier molecular flexibility index (Phi) is 3.73. The first-order valence-corrected chi connectivity index (χ1v) is 7.52. The van der Waals surface area contributed by atoms with Gasteiger partial charge in [-0.1, -0.05) is 18.9 Å². The quantitative estimate of drug-likeness (QED) is 0.755. The molecule has 1 aromatic heterocycles. The first-order valence-electron chi connectivity index (χ1n) is 7.52. The summed E-state index contributed by atoms with van der Waals surface area (Å²) in [4.78, 5) is 0. The van der Waals surface area contributed by atoms with Gasteiger partial charge in [0.15, 0.2) is 0 Å². The van der Waals surface area contributed by atoms with E-state index in [0.29, 0.717) is 30.4 Å². The van der Waals surface area contributed by atoms with Crippen molar-refractivity contribution in [3.63, 3.8) is 0 Å². The molecule has 0 unspecified atom stereocenters. The Bertz CT molecular complexity index is 397. The van der Waals surface area contributed by atoms with E-state index in [9.17, 15) is 0 Å². The first-order chi connectivity index (χ1) is 9.22. The predicted molar refractivity (Wildman–Crippen MR) is 73.7 cm³/mol. The monoisotopic (exact) mass is 264 g/mol. The van der Waals surface area contributed by atoms with E-state index in [0.717, 1.165) is 18.4 Å². The van der Waals surface area contributed by atoms with Crippen molar-refractivity contribution in [2.45, 2.75) is 52.1 Å². The summed E-state index contributed by atoms with van der Waals surface area (Å²) < 4.78 is 5.66. The maximum absolute atomic E-state index is 5.66. The molecule has 0 amide bonds. The molecule has 2 saturated carbocycles. The SMILES string of the molecule is CC(C)CNCc1nnc(NC(C2CC2)C2CC2)o1. The summed E-state index contributed by atoms with van der Waals surface area (Å²) in [5, 5.41) is 15.0. The van der Waals surface area contributed by atoms with Crippen molar-refractivity contribution in [1.82, 2.24) is 15.5 Å². The maximum atomic E-state index is 5.66. The van der Waals surface area contributed by atoms with Crippen LogP contribution >= 0.6 is 0 Å². The number of rotatable bonds is 8. The van der Waals surface area contributed by atoms with Crippen LogP contribution in [0, 0.1) is 17.8 Å². The summed E-state index contributed by atoms with van der Waals surface area (Å²) in [5.41, 5.74) is 0.